The van der Waals surface area contributed by atoms with Gasteiger partial charge < -0.3 is 9.47 Å². The molecule has 0 bridgehead atoms. The third-order valence-electron chi connectivity index (χ3n) is 3.43. The van der Waals surface area contributed by atoms with E-state index in [-0.39, 0.29) is 17.3 Å². The first-order chi connectivity index (χ1) is 7.49. The molecule has 94 valence electrons. The minimum Gasteiger partial charge on any atom is -0.381 e. The van der Waals surface area contributed by atoms with Crippen LogP contribution in [0.15, 0.2) is 0 Å². The number of hydrogen-bond acceptors (Lipinski definition) is 4. The maximum atomic E-state index is 11.1. The fraction of sp³-hybridized carbons (Fsp3) is 1.00. The Morgan fingerprint density at radius 1 is 1.25 bits per heavy atom. The topological polar surface area (TPSA) is 52.6 Å². The minimum absolute atomic E-state index is 0.0700. The van der Waals surface area contributed by atoms with Gasteiger partial charge in [-0.2, -0.15) is 0 Å². The van der Waals surface area contributed by atoms with Crippen LogP contribution in [0.3, 0.4) is 0 Å². The minimum atomic E-state index is -3.39. The quantitative estimate of drug-likeness (QED) is 0.713. The van der Waals surface area contributed by atoms with E-state index in [9.17, 15) is 8.42 Å². The van der Waals surface area contributed by atoms with Gasteiger partial charge in [-0.15, -0.1) is 0 Å². The fourth-order valence-corrected chi connectivity index (χ4v) is 4.03. The highest BCUT2D eigenvalue weighted by molar-refractivity contribution is 8.13. The Kier molecular flexibility index (Phi) is 3.79. The summed E-state index contributed by atoms with van der Waals surface area (Å²) in [6.07, 6.45) is 3.31. The molecule has 4 nitrogen and oxygen atoms in total. The van der Waals surface area contributed by atoms with Crippen molar-refractivity contribution in [3.63, 3.8) is 0 Å². The first-order valence-corrected chi connectivity index (χ1v) is 8.11. The molecule has 16 heavy (non-hydrogen) atoms. The molecular formula is C10H17ClO4S. The molecule has 6 heteroatoms. The monoisotopic (exact) mass is 268 g/mol. The Bertz CT molecular complexity index is 329. The van der Waals surface area contributed by atoms with Gasteiger partial charge in [-0.1, -0.05) is 0 Å². The zero-order valence-electron chi connectivity index (χ0n) is 9.15. The van der Waals surface area contributed by atoms with Crippen molar-refractivity contribution in [3.8, 4) is 0 Å². The Hall–Kier alpha value is 0.160. The lowest BCUT2D eigenvalue weighted by Crippen LogP contribution is -2.45. The number of rotatable bonds is 2. The molecule has 0 aromatic heterocycles. The van der Waals surface area contributed by atoms with Crippen molar-refractivity contribution in [2.75, 3.05) is 25.6 Å². The van der Waals surface area contributed by atoms with E-state index in [2.05, 4.69) is 0 Å². The van der Waals surface area contributed by atoms with Crippen LogP contribution in [0.2, 0.25) is 0 Å². The molecule has 1 unspecified atom stereocenters. The molecule has 0 amide bonds. The van der Waals surface area contributed by atoms with Crippen LogP contribution in [-0.4, -0.2) is 39.6 Å². The molecule has 0 aromatic carbocycles. The Balaban J connectivity index is 1.98. The molecule has 1 spiro atoms. The van der Waals surface area contributed by atoms with E-state index < -0.39 is 9.05 Å². The number of ether oxygens (including phenoxy) is 2. The van der Waals surface area contributed by atoms with Crippen LogP contribution in [-0.2, 0) is 18.5 Å². The van der Waals surface area contributed by atoms with Gasteiger partial charge in [0, 0.05) is 30.5 Å². The molecule has 0 aromatic rings. The molecule has 2 aliphatic rings. The molecule has 2 aliphatic heterocycles. The highest BCUT2D eigenvalue weighted by Crippen LogP contribution is 2.37. The molecule has 2 fully saturated rings. The van der Waals surface area contributed by atoms with Crippen molar-refractivity contribution in [2.45, 2.75) is 31.3 Å². The summed E-state index contributed by atoms with van der Waals surface area (Å²) in [4.78, 5) is 0. The normalized spacial score (nSPS) is 30.4. The summed E-state index contributed by atoms with van der Waals surface area (Å²) in [5, 5.41) is 0. The smallest absolute Gasteiger partial charge is 0.232 e. The van der Waals surface area contributed by atoms with Gasteiger partial charge in [0.15, 0.2) is 0 Å². The molecule has 0 N–H and O–H groups in total. The summed E-state index contributed by atoms with van der Waals surface area (Å²) in [5.74, 6) is 0.204. The van der Waals surface area contributed by atoms with E-state index >= 15 is 0 Å². The number of halogens is 1. The van der Waals surface area contributed by atoms with Gasteiger partial charge in [0.05, 0.1) is 11.4 Å². The van der Waals surface area contributed by atoms with Crippen LogP contribution < -0.4 is 0 Å². The fourth-order valence-electron chi connectivity index (χ4n) is 2.64. The highest BCUT2D eigenvalue weighted by atomic mass is 35.7. The summed E-state index contributed by atoms with van der Waals surface area (Å²) >= 11 is 0. The summed E-state index contributed by atoms with van der Waals surface area (Å²) in [6.45, 7) is 2.05. The first kappa shape index (κ1) is 12.6. The van der Waals surface area contributed by atoms with E-state index in [1.807, 2.05) is 0 Å². The second-order valence-electron chi connectivity index (χ2n) is 4.71. The van der Waals surface area contributed by atoms with Crippen molar-refractivity contribution < 1.29 is 17.9 Å². The zero-order valence-corrected chi connectivity index (χ0v) is 10.7. The van der Waals surface area contributed by atoms with Crippen molar-refractivity contribution in [2.24, 2.45) is 5.92 Å². The van der Waals surface area contributed by atoms with E-state index in [0.717, 1.165) is 25.7 Å². The summed E-state index contributed by atoms with van der Waals surface area (Å²) in [5.41, 5.74) is -0.150. The maximum Gasteiger partial charge on any atom is 0.232 e. The second kappa shape index (κ2) is 4.80. The number of hydrogen-bond donors (Lipinski definition) is 0. The van der Waals surface area contributed by atoms with Gasteiger partial charge >= 0.3 is 0 Å². The van der Waals surface area contributed by atoms with E-state index in [1.165, 1.54) is 0 Å². The largest absolute Gasteiger partial charge is 0.381 e. The molecule has 0 saturated carbocycles. The molecular weight excluding hydrogens is 252 g/mol. The van der Waals surface area contributed by atoms with Gasteiger partial charge in [0.2, 0.25) is 9.05 Å². The first-order valence-electron chi connectivity index (χ1n) is 5.63. The van der Waals surface area contributed by atoms with Crippen molar-refractivity contribution in [1.29, 1.82) is 0 Å². The van der Waals surface area contributed by atoms with E-state index in [0.29, 0.717) is 19.8 Å². The van der Waals surface area contributed by atoms with Gasteiger partial charge in [0.1, 0.15) is 0 Å². The van der Waals surface area contributed by atoms with Crippen LogP contribution in [0.4, 0.5) is 0 Å². The second-order valence-corrected chi connectivity index (χ2v) is 7.53. The van der Waals surface area contributed by atoms with Crippen LogP contribution in [0.25, 0.3) is 0 Å². The van der Waals surface area contributed by atoms with E-state index in [4.69, 9.17) is 20.2 Å². The maximum absolute atomic E-state index is 11.1. The van der Waals surface area contributed by atoms with Crippen molar-refractivity contribution in [3.05, 3.63) is 0 Å². The van der Waals surface area contributed by atoms with Crippen LogP contribution >= 0.6 is 10.7 Å². The standard InChI is InChI=1S/C10H17ClO4S/c11-16(12,13)8-9-1-4-15-10(7-9)2-5-14-6-3-10/h9H,1-8H2. The van der Waals surface area contributed by atoms with Gasteiger partial charge in [-0.25, -0.2) is 8.42 Å². The molecule has 2 heterocycles. The average Bonchev–Trinajstić information content (AvgIpc) is 2.16. The van der Waals surface area contributed by atoms with Crippen molar-refractivity contribution in [1.82, 2.24) is 0 Å². The Morgan fingerprint density at radius 2 is 1.94 bits per heavy atom. The summed E-state index contributed by atoms with van der Waals surface area (Å²) < 4.78 is 33.3. The zero-order chi connectivity index (χ0) is 11.6. The van der Waals surface area contributed by atoms with E-state index in [1.54, 1.807) is 0 Å². The summed E-state index contributed by atoms with van der Waals surface area (Å²) in [7, 11) is 1.91. The molecule has 1 atom stereocenters. The van der Waals surface area contributed by atoms with Gasteiger partial charge in [0.25, 0.3) is 0 Å². The molecule has 2 saturated heterocycles. The van der Waals surface area contributed by atoms with Gasteiger partial charge in [-0.05, 0) is 31.6 Å². The third kappa shape index (κ3) is 3.32. The lowest BCUT2D eigenvalue weighted by atomic mass is 9.81. The average molecular weight is 269 g/mol. The van der Waals surface area contributed by atoms with Gasteiger partial charge in [-0.3, -0.25) is 0 Å². The summed E-state index contributed by atoms with van der Waals surface area (Å²) in [6, 6.07) is 0. The lowest BCUT2D eigenvalue weighted by Gasteiger charge is -2.43. The van der Waals surface area contributed by atoms with Crippen LogP contribution in [0.5, 0.6) is 0 Å². The SMILES string of the molecule is O=S(=O)(Cl)CC1CCOC2(CCOCC2)C1. The lowest BCUT2D eigenvalue weighted by molar-refractivity contribution is -0.144. The van der Waals surface area contributed by atoms with Crippen LogP contribution in [0, 0.1) is 5.92 Å². The Labute approximate surface area is 101 Å². The van der Waals surface area contributed by atoms with Crippen LogP contribution in [0.1, 0.15) is 25.7 Å². The highest BCUT2D eigenvalue weighted by Gasteiger charge is 2.39. The molecule has 2 rings (SSSR count). The predicted octanol–water partition coefficient (Wildman–Crippen LogP) is 1.53. The molecule has 0 radical (unpaired) electrons. The predicted molar refractivity (Wildman–Crippen MR) is 61.1 cm³/mol. The molecule has 0 aliphatic carbocycles. The Morgan fingerprint density at radius 3 is 2.56 bits per heavy atom. The van der Waals surface area contributed by atoms with Crippen molar-refractivity contribution >= 4 is 19.7 Å². The third-order valence-corrected chi connectivity index (χ3v) is 4.68.